The maximum Gasteiger partial charge on any atom is 0.201 e. The third-order valence-corrected chi connectivity index (χ3v) is 3.94. The molecule has 1 aromatic rings. The Labute approximate surface area is 110 Å². The van der Waals surface area contributed by atoms with Crippen LogP contribution in [-0.2, 0) is 6.54 Å². The second kappa shape index (κ2) is 4.53. The molecule has 1 aliphatic rings. The Bertz CT molecular complexity index is 435. The average Bonchev–Trinajstić information content (AvgIpc) is 3.05. The van der Waals surface area contributed by atoms with Crippen LogP contribution in [0, 0.1) is 5.92 Å². The summed E-state index contributed by atoms with van der Waals surface area (Å²) in [5.74, 6) is 0.324. The molecule has 0 amide bonds. The van der Waals surface area contributed by atoms with E-state index in [1.807, 2.05) is 6.92 Å². The molecule has 0 saturated heterocycles. The molecule has 2 rings (SSSR count). The van der Waals surface area contributed by atoms with E-state index in [2.05, 4.69) is 28.0 Å². The van der Waals surface area contributed by atoms with Crippen molar-refractivity contribution in [2.75, 3.05) is 0 Å². The summed E-state index contributed by atoms with van der Waals surface area (Å²) in [4.78, 5) is 12.5. The second-order valence-electron chi connectivity index (χ2n) is 4.95. The molecule has 17 heavy (non-hydrogen) atoms. The van der Waals surface area contributed by atoms with Crippen LogP contribution in [0.2, 0.25) is 0 Å². The highest BCUT2D eigenvalue weighted by molar-refractivity contribution is 9.10. The van der Waals surface area contributed by atoms with Gasteiger partial charge in [-0.2, -0.15) is 5.10 Å². The highest BCUT2D eigenvalue weighted by Crippen LogP contribution is 2.40. The number of Topliss-reactive ketones (excluding diaryl/α,β-unsaturated/α-hetero) is 1. The maximum absolute atomic E-state index is 12.5. The van der Waals surface area contributed by atoms with Crippen LogP contribution in [0.3, 0.4) is 0 Å². The molecule has 5 heteroatoms. The maximum atomic E-state index is 12.5. The summed E-state index contributed by atoms with van der Waals surface area (Å²) in [6.07, 6.45) is 4.72. The Morgan fingerprint density at radius 1 is 1.71 bits per heavy atom. The van der Waals surface area contributed by atoms with Gasteiger partial charge in [0.1, 0.15) is 5.69 Å². The van der Waals surface area contributed by atoms with Gasteiger partial charge >= 0.3 is 0 Å². The number of nitrogens with two attached hydrogens (primary N) is 1. The molecular weight excluding hydrogens is 282 g/mol. The number of ketones is 1. The van der Waals surface area contributed by atoms with E-state index < -0.39 is 5.54 Å². The molecule has 4 nitrogen and oxygen atoms in total. The molecule has 1 aliphatic carbocycles. The van der Waals surface area contributed by atoms with Gasteiger partial charge in [0.05, 0.1) is 16.2 Å². The molecule has 1 fully saturated rings. The van der Waals surface area contributed by atoms with E-state index in [9.17, 15) is 4.79 Å². The second-order valence-corrected chi connectivity index (χ2v) is 5.80. The fourth-order valence-electron chi connectivity index (χ4n) is 2.09. The Morgan fingerprint density at radius 3 is 2.88 bits per heavy atom. The zero-order valence-corrected chi connectivity index (χ0v) is 11.8. The number of hydrogen-bond donors (Lipinski definition) is 1. The minimum Gasteiger partial charge on any atom is -0.319 e. The van der Waals surface area contributed by atoms with Gasteiger partial charge in [-0.05, 0) is 48.0 Å². The first-order valence-electron chi connectivity index (χ1n) is 6.03. The molecule has 1 atom stereocenters. The van der Waals surface area contributed by atoms with E-state index in [1.165, 1.54) is 0 Å². The summed E-state index contributed by atoms with van der Waals surface area (Å²) in [6.45, 7) is 4.64. The first kappa shape index (κ1) is 12.8. The van der Waals surface area contributed by atoms with Crippen LogP contribution < -0.4 is 5.73 Å². The molecule has 94 valence electrons. The Hall–Kier alpha value is -0.680. The van der Waals surface area contributed by atoms with Gasteiger partial charge in [-0.15, -0.1) is 0 Å². The highest BCUT2D eigenvalue weighted by Gasteiger charge is 2.45. The van der Waals surface area contributed by atoms with Gasteiger partial charge in [-0.3, -0.25) is 9.48 Å². The van der Waals surface area contributed by atoms with Crippen molar-refractivity contribution < 1.29 is 4.79 Å². The van der Waals surface area contributed by atoms with E-state index in [0.29, 0.717) is 11.6 Å². The summed E-state index contributed by atoms with van der Waals surface area (Å²) in [5.41, 5.74) is 6.04. The van der Waals surface area contributed by atoms with Gasteiger partial charge in [0.25, 0.3) is 0 Å². The fourth-order valence-corrected chi connectivity index (χ4v) is 2.57. The lowest BCUT2D eigenvalue weighted by atomic mass is 9.90. The predicted octanol–water partition coefficient (Wildman–Crippen LogP) is 2.37. The SMILES string of the molecule is CCCn1ncc(Br)c1C(=O)C(C)(N)C1CC1. The van der Waals surface area contributed by atoms with Gasteiger partial charge in [-0.25, -0.2) is 0 Å². The van der Waals surface area contributed by atoms with Crippen LogP contribution in [0.4, 0.5) is 0 Å². The smallest absolute Gasteiger partial charge is 0.201 e. The van der Waals surface area contributed by atoms with Crippen LogP contribution in [-0.4, -0.2) is 21.1 Å². The fraction of sp³-hybridized carbons (Fsp3) is 0.667. The minimum absolute atomic E-state index is 0.00201. The van der Waals surface area contributed by atoms with E-state index >= 15 is 0 Å². The number of aromatic nitrogens is 2. The lowest BCUT2D eigenvalue weighted by molar-refractivity contribution is 0.0871. The third-order valence-electron chi connectivity index (χ3n) is 3.36. The number of nitrogens with zero attached hydrogens (tertiary/aromatic N) is 2. The molecule has 1 heterocycles. The number of carbonyl (C=O) groups is 1. The molecule has 0 bridgehead atoms. The van der Waals surface area contributed by atoms with Crippen molar-refractivity contribution >= 4 is 21.7 Å². The van der Waals surface area contributed by atoms with Crippen molar-refractivity contribution in [1.82, 2.24) is 9.78 Å². The van der Waals surface area contributed by atoms with E-state index in [0.717, 1.165) is 30.3 Å². The van der Waals surface area contributed by atoms with Crippen molar-refractivity contribution in [3.8, 4) is 0 Å². The van der Waals surface area contributed by atoms with Crippen molar-refractivity contribution in [3.05, 3.63) is 16.4 Å². The Balaban J connectivity index is 2.32. The van der Waals surface area contributed by atoms with Crippen LogP contribution >= 0.6 is 15.9 Å². The van der Waals surface area contributed by atoms with Crippen LogP contribution in [0.5, 0.6) is 0 Å². The molecule has 2 N–H and O–H groups in total. The Morgan fingerprint density at radius 2 is 2.35 bits per heavy atom. The number of hydrogen-bond acceptors (Lipinski definition) is 3. The topological polar surface area (TPSA) is 60.9 Å². The van der Waals surface area contributed by atoms with Crippen molar-refractivity contribution in [2.24, 2.45) is 11.7 Å². The van der Waals surface area contributed by atoms with Crippen molar-refractivity contribution in [3.63, 3.8) is 0 Å². The lowest BCUT2D eigenvalue weighted by Gasteiger charge is -2.23. The van der Waals surface area contributed by atoms with Crippen molar-refractivity contribution in [1.29, 1.82) is 0 Å². The van der Waals surface area contributed by atoms with Crippen LogP contribution in [0.1, 0.15) is 43.6 Å². The zero-order chi connectivity index (χ0) is 12.6. The van der Waals surface area contributed by atoms with Crippen molar-refractivity contribution in [2.45, 2.75) is 45.2 Å². The number of halogens is 1. The highest BCUT2D eigenvalue weighted by atomic mass is 79.9. The van der Waals surface area contributed by atoms with E-state index in [-0.39, 0.29) is 5.78 Å². The van der Waals surface area contributed by atoms with Crippen LogP contribution in [0.25, 0.3) is 0 Å². The molecule has 0 spiro atoms. The summed E-state index contributed by atoms with van der Waals surface area (Å²) in [6, 6.07) is 0. The molecule has 0 aliphatic heterocycles. The van der Waals surface area contributed by atoms with Gasteiger partial charge in [0.2, 0.25) is 5.78 Å². The number of rotatable bonds is 5. The first-order valence-corrected chi connectivity index (χ1v) is 6.82. The third kappa shape index (κ3) is 2.31. The summed E-state index contributed by atoms with van der Waals surface area (Å²) in [7, 11) is 0. The molecule has 1 saturated carbocycles. The summed E-state index contributed by atoms with van der Waals surface area (Å²) in [5, 5.41) is 4.21. The van der Waals surface area contributed by atoms with Gasteiger partial charge < -0.3 is 5.73 Å². The monoisotopic (exact) mass is 299 g/mol. The lowest BCUT2D eigenvalue weighted by Crippen LogP contribution is -2.48. The normalized spacial score (nSPS) is 19.1. The Kier molecular flexibility index (Phi) is 3.41. The number of carbonyl (C=O) groups excluding carboxylic acids is 1. The molecular formula is C12H18BrN3O. The van der Waals surface area contributed by atoms with E-state index in [4.69, 9.17) is 5.73 Å². The first-order chi connectivity index (χ1) is 7.98. The van der Waals surface area contributed by atoms with Crippen LogP contribution in [0.15, 0.2) is 10.7 Å². The number of aryl methyl sites for hydroxylation is 1. The molecule has 0 radical (unpaired) electrons. The minimum atomic E-state index is -0.756. The molecule has 0 aromatic carbocycles. The molecule has 1 unspecified atom stereocenters. The molecule has 1 aromatic heterocycles. The van der Waals surface area contributed by atoms with E-state index in [1.54, 1.807) is 10.9 Å². The van der Waals surface area contributed by atoms with Gasteiger partial charge in [-0.1, -0.05) is 6.92 Å². The summed E-state index contributed by atoms with van der Waals surface area (Å²) < 4.78 is 2.49. The average molecular weight is 300 g/mol. The van der Waals surface area contributed by atoms with Gasteiger partial charge in [0, 0.05) is 6.54 Å². The van der Waals surface area contributed by atoms with Gasteiger partial charge in [0.15, 0.2) is 0 Å². The standard InChI is InChI=1S/C12H18BrN3O/c1-3-6-16-10(9(13)7-15-16)11(17)12(2,14)8-4-5-8/h7-8H,3-6,14H2,1-2H3. The summed E-state index contributed by atoms with van der Waals surface area (Å²) >= 11 is 3.39. The predicted molar refractivity (Wildman–Crippen MR) is 69.9 cm³/mol. The zero-order valence-electron chi connectivity index (χ0n) is 10.2. The quantitative estimate of drug-likeness (QED) is 0.849. The largest absolute Gasteiger partial charge is 0.319 e.